The highest BCUT2D eigenvalue weighted by atomic mass is 16.6. The van der Waals surface area contributed by atoms with Crippen molar-refractivity contribution >= 4 is 35.7 Å². The molecule has 5 amide bonds. The van der Waals surface area contributed by atoms with Gasteiger partial charge in [0.25, 0.3) is 0 Å². The molecule has 6 aromatic carbocycles. The van der Waals surface area contributed by atoms with E-state index in [4.69, 9.17) is 9.84 Å². The molecule has 0 unspecified atom stereocenters. The van der Waals surface area contributed by atoms with E-state index in [1.165, 1.54) is 0 Å². The summed E-state index contributed by atoms with van der Waals surface area (Å²) in [5.41, 5.74) is 0.885. The summed E-state index contributed by atoms with van der Waals surface area (Å²) < 4.78 is 5.56. The fraction of sp³-hybridized carbons (Fsp3) is 0.263. The zero-order chi connectivity index (χ0) is 50.0. The third-order valence-corrected chi connectivity index (χ3v) is 11.7. The minimum absolute atomic E-state index is 0.0262. The molecule has 13 heteroatoms. The van der Waals surface area contributed by atoms with Crippen molar-refractivity contribution in [3.8, 4) is 0 Å². The summed E-state index contributed by atoms with van der Waals surface area (Å²) in [5, 5.41) is 23.7. The van der Waals surface area contributed by atoms with Crippen LogP contribution in [0.25, 0.3) is 0 Å². The first kappa shape index (κ1) is 51.3. The molecule has 0 spiro atoms. The normalized spacial score (nSPS) is 12.3. The minimum Gasteiger partial charge on any atom is -0.481 e. The molecule has 0 saturated heterocycles. The lowest BCUT2D eigenvalue weighted by atomic mass is 9.77. The van der Waals surface area contributed by atoms with Gasteiger partial charge in [-0.2, -0.15) is 0 Å². The number of carboxylic acid groups (broad SMARTS) is 1. The molecule has 0 heterocycles. The second-order valence-electron chi connectivity index (χ2n) is 18.0. The maximum absolute atomic E-state index is 14.8. The Morgan fingerprint density at radius 1 is 0.457 bits per heavy atom. The monoisotopic (exact) mass is 943 g/mol. The molecule has 0 aliphatic heterocycles. The van der Waals surface area contributed by atoms with Gasteiger partial charge in [0.1, 0.15) is 28.8 Å². The van der Waals surface area contributed by atoms with E-state index in [2.05, 4.69) is 26.6 Å². The Kier molecular flexibility index (Phi) is 17.8. The van der Waals surface area contributed by atoms with Gasteiger partial charge in [-0.1, -0.05) is 188 Å². The van der Waals surface area contributed by atoms with Crippen LogP contribution in [0.1, 0.15) is 92.7 Å². The summed E-state index contributed by atoms with van der Waals surface area (Å²) in [4.78, 5) is 83.1. The van der Waals surface area contributed by atoms with Crippen LogP contribution in [0.15, 0.2) is 182 Å². The van der Waals surface area contributed by atoms with Crippen molar-refractivity contribution in [2.75, 3.05) is 6.54 Å². The van der Waals surface area contributed by atoms with E-state index in [0.717, 1.165) is 33.4 Å². The molecule has 0 aliphatic carbocycles. The summed E-state index contributed by atoms with van der Waals surface area (Å²) in [6.07, 6.45) is -0.849. The van der Waals surface area contributed by atoms with Crippen LogP contribution in [0.3, 0.4) is 0 Å². The molecule has 6 rings (SSSR count). The average Bonchev–Trinajstić information content (AvgIpc) is 3.36. The Morgan fingerprint density at radius 2 is 0.786 bits per heavy atom. The van der Waals surface area contributed by atoms with E-state index in [0.29, 0.717) is 19.3 Å². The van der Waals surface area contributed by atoms with Crippen molar-refractivity contribution in [1.29, 1.82) is 0 Å². The molecule has 6 aromatic rings. The van der Waals surface area contributed by atoms with Crippen LogP contribution in [0, 0.1) is 0 Å². The Hall–Kier alpha value is -8.06. The smallest absolute Gasteiger partial charge is 0.408 e. The van der Waals surface area contributed by atoms with Gasteiger partial charge in [-0.3, -0.25) is 24.0 Å². The van der Waals surface area contributed by atoms with Crippen LogP contribution >= 0.6 is 0 Å². The number of benzene rings is 6. The van der Waals surface area contributed by atoms with Gasteiger partial charge in [0, 0.05) is 13.0 Å². The van der Waals surface area contributed by atoms with Gasteiger partial charge < -0.3 is 36.4 Å². The van der Waals surface area contributed by atoms with Crippen molar-refractivity contribution in [3.63, 3.8) is 0 Å². The van der Waals surface area contributed by atoms with E-state index in [-0.39, 0.29) is 13.0 Å². The zero-order valence-electron chi connectivity index (χ0n) is 39.7. The number of nitrogens with one attached hydrogen (secondary N) is 5. The molecule has 0 aromatic heterocycles. The van der Waals surface area contributed by atoms with Crippen LogP contribution in [-0.2, 0) is 39.8 Å². The first-order valence-corrected chi connectivity index (χ1v) is 23.5. The van der Waals surface area contributed by atoms with E-state index < -0.39 is 77.3 Å². The van der Waals surface area contributed by atoms with E-state index in [1.54, 1.807) is 20.8 Å². The Balaban J connectivity index is 1.35. The number of unbranched alkanes of at least 4 members (excludes halogenated alkanes) is 2. The summed E-state index contributed by atoms with van der Waals surface area (Å²) in [7, 11) is 0. The average molecular weight is 944 g/mol. The number of rotatable bonds is 22. The second-order valence-corrected chi connectivity index (χ2v) is 18.0. The third kappa shape index (κ3) is 13.6. The zero-order valence-corrected chi connectivity index (χ0v) is 39.7. The van der Waals surface area contributed by atoms with Crippen molar-refractivity contribution in [2.24, 2.45) is 0 Å². The highest BCUT2D eigenvalue weighted by molar-refractivity contribution is 5.96. The van der Waals surface area contributed by atoms with Gasteiger partial charge >= 0.3 is 12.1 Å². The summed E-state index contributed by atoms with van der Waals surface area (Å²) >= 11 is 0. The molecule has 0 bridgehead atoms. The lowest BCUT2D eigenvalue weighted by molar-refractivity contribution is -0.137. The highest BCUT2D eigenvalue weighted by Gasteiger charge is 2.41. The minimum atomic E-state index is -1.61. The number of carbonyl (C=O) groups is 6. The Labute approximate surface area is 409 Å². The van der Waals surface area contributed by atoms with Crippen LogP contribution in [0.4, 0.5) is 4.79 Å². The Bertz CT molecular complexity index is 2450. The molecular formula is C57H61N5O8. The van der Waals surface area contributed by atoms with Crippen LogP contribution in [0.5, 0.6) is 0 Å². The lowest BCUT2D eigenvalue weighted by Gasteiger charge is -2.37. The van der Waals surface area contributed by atoms with Gasteiger partial charge in [-0.05, 0) is 67.0 Å². The highest BCUT2D eigenvalue weighted by Crippen LogP contribution is 2.38. The predicted octanol–water partition coefficient (Wildman–Crippen LogP) is 8.12. The molecule has 0 radical (unpaired) electrons. The Morgan fingerprint density at radius 3 is 1.10 bits per heavy atom. The van der Waals surface area contributed by atoms with E-state index in [9.17, 15) is 28.8 Å². The number of aliphatic carboxylic acids is 1. The molecule has 2 atom stereocenters. The van der Waals surface area contributed by atoms with E-state index in [1.807, 2.05) is 182 Å². The number of amides is 5. The molecule has 6 N–H and O–H groups in total. The molecule has 13 nitrogen and oxygen atoms in total. The van der Waals surface area contributed by atoms with Crippen molar-refractivity contribution in [1.82, 2.24) is 26.6 Å². The van der Waals surface area contributed by atoms with Gasteiger partial charge in [0.2, 0.25) is 23.6 Å². The number of ether oxygens (including phenoxy) is 1. The number of carbonyl (C=O) groups excluding carboxylic acids is 5. The first-order valence-electron chi connectivity index (χ1n) is 23.5. The SMILES string of the molecule is CC(C)(C)OC(=O)N[C@@H](CC(=O)NC(c1ccccc1)(c1ccccc1)c1ccccc1)C(=O)N[C@@H](CC(=O)NC(c1ccccc1)(c1ccccc1)c1ccccc1)C(=O)NCCCCCC(=O)O. The topological polar surface area (TPSA) is 192 Å². The van der Waals surface area contributed by atoms with Gasteiger partial charge in [-0.25, -0.2) is 4.79 Å². The van der Waals surface area contributed by atoms with Crippen molar-refractivity contribution in [2.45, 2.75) is 88.1 Å². The number of carboxylic acids is 1. The summed E-state index contributed by atoms with van der Waals surface area (Å²) in [5.74, 6) is -3.80. The number of alkyl carbamates (subject to hydrolysis) is 1. The lowest BCUT2D eigenvalue weighted by Crippen LogP contribution is -2.58. The summed E-state index contributed by atoms with van der Waals surface area (Å²) in [6, 6.07) is 53.3. The van der Waals surface area contributed by atoms with Crippen molar-refractivity contribution < 1.29 is 38.6 Å². The van der Waals surface area contributed by atoms with Crippen LogP contribution < -0.4 is 26.6 Å². The molecule has 0 fully saturated rings. The predicted molar refractivity (Wildman–Crippen MR) is 268 cm³/mol. The van der Waals surface area contributed by atoms with Gasteiger partial charge in [0.15, 0.2) is 0 Å². The second kappa shape index (κ2) is 24.3. The molecule has 70 heavy (non-hydrogen) atoms. The fourth-order valence-corrected chi connectivity index (χ4v) is 8.51. The number of hydrogen-bond acceptors (Lipinski definition) is 7. The fourth-order valence-electron chi connectivity index (χ4n) is 8.51. The van der Waals surface area contributed by atoms with Crippen molar-refractivity contribution in [3.05, 3.63) is 215 Å². The first-order chi connectivity index (χ1) is 33.7. The third-order valence-electron chi connectivity index (χ3n) is 11.7. The van der Waals surface area contributed by atoms with Gasteiger partial charge in [0.05, 0.1) is 12.8 Å². The van der Waals surface area contributed by atoms with Gasteiger partial charge in [-0.15, -0.1) is 0 Å². The molecular weight excluding hydrogens is 883 g/mol. The molecule has 0 aliphatic rings. The van der Waals surface area contributed by atoms with Crippen LogP contribution in [0.2, 0.25) is 0 Å². The van der Waals surface area contributed by atoms with E-state index >= 15 is 0 Å². The maximum atomic E-state index is 14.8. The summed E-state index contributed by atoms with van der Waals surface area (Å²) in [6.45, 7) is 5.09. The quantitative estimate of drug-likeness (QED) is 0.0290. The molecule has 362 valence electrons. The standard InChI is InChI=1S/C57H61N5O8/c1-55(2,3)70-54(69)60-48(40-50(64)62-57(44-31-17-7-18-32-44,45-33-19-8-20-34-45)46-35-21-9-22-36-46)53(68)59-47(52(67)58-38-24-10-23-37-51(65)66)39-49(63)61-56(41-25-11-4-12-26-41,42-27-13-5-14-28-42)43-29-15-6-16-30-43/h4-9,11-22,25-36,47-48H,10,23-24,37-40H2,1-3H3,(H,58,67)(H,59,68)(H,60,69)(H,61,63)(H,62,64)(H,65,66)/t47-,48-/m0/s1. The van der Waals surface area contributed by atoms with Crippen LogP contribution in [-0.4, -0.2) is 65.0 Å². The number of hydrogen-bond donors (Lipinski definition) is 6. The molecule has 0 saturated carbocycles. The largest absolute Gasteiger partial charge is 0.481 e. The maximum Gasteiger partial charge on any atom is 0.408 e.